The van der Waals surface area contributed by atoms with Crippen molar-refractivity contribution in [3.63, 3.8) is 0 Å². The molecule has 2 aliphatic rings. The van der Waals surface area contributed by atoms with Gasteiger partial charge in [-0.2, -0.15) is 0 Å². The van der Waals surface area contributed by atoms with E-state index in [1.54, 1.807) is 0 Å². The highest BCUT2D eigenvalue weighted by Gasteiger charge is 2.30. The molecule has 1 aliphatic carbocycles. The molecule has 0 radical (unpaired) electrons. The maximum absolute atomic E-state index is 11.9. The third-order valence-electron chi connectivity index (χ3n) is 4.49. The van der Waals surface area contributed by atoms with Gasteiger partial charge in [0.25, 0.3) is 0 Å². The van der Waals surface area contributed by atoms with Crippen LogP contribution in [0.25, 0.3) is 0 Å². The van der Waals surface area contributed by atoms with Crippen molar-refractivity contribution in [2.45, 2.75) is 45.1 Å². The van der Waals surface area contributed by atoms with Crippen LogP contribution in [-0.4, -0.2) is 43.5 Å². The second kappa shape index (κ2) is 5.96. The standard InChI is InChI=1S/C14H25NO2/c1-3-11-4-5-14(16)12(8-11)9-15(2)13-6-7-17-10-13/h11-13H,3-10H2,1-2H3. The maximum atomic E-state index is 11.9. The third kappa shape index (κ3) is 3.29. The molecule has 0 aromatic rings. The summed E-state index contributed by atoms with van der Waals surface area (Å²) in [6, 6.07) is 0.532. The van der Waals surface area contributed by atoms with Gasteiger partial charge in [-0.15, -0.1) is 0 Å². The van der Waals surface area contributed by atoms with Crippen LogP contribution in [0.5, 0.6) is 0 Å². The lowest BCUT2D eigenvalue weighted by molar-refractivity contribution is -0.126. The number of ketones is 1. The van der Waals surface area contributed by atoms with Gasteiger partial charge in [-0.3, -0.25) is 4.79 Å². The van der Waals surface area contributed by atoms with Crippen molar-refractivity contribution in [2.75, 3.05) is 26.8 Å². The quantitative estimate of drug-likeness (QED) is 0.752. The number of carbonyl (C=O) groups is 1. The maximum Gasteiger partial charge on any atom is 0.137 e. The number of likely N-dealkylation sites (N-methyl/N-ethyl adjacent to an activating group) is 1. The van der Waals surface area contributed by atoms with E-state index in [-0.39, 0.29) is 5.92 Å². The van der Waals surface area contributed by atoms with Crippen LogP contribution < -0.4 is 0 Å². The fourth-order valence-corrected chi connectivity index (χ4v) is 3.12. The van der Waals surface area contributed by atoms with Crippen LogP contribution in [0.2, 0.25) is 0 Å². The predicted octanol–water partition coefficient (Wildman–Crippen LogP) is 2.10. The van der Waals surface area contributed by atoms with E-state index >= 15 is 0 Å². The van der Waals surface area contributed by atoms with Crippen LogP contribution in [0.15, 0.2) is 0 Å². The van der Waals surface area contributed by atoms with E-state index in [0.717, 1.165) is 51.4 Å². The molecule has 1 aliphatic heterocycles. The molecule has 1 saturated carbocycles. The van der Waals surface area contributed by atoms with Gasteiger partial charge in [0.15, 0.2) is 0 Å². The van der Waals surface area contributed by atoms with Gasteiger partial charge in [0.05, 0.1) is 6.61 Å². The van der Waals surface area contributed by atoms with Crippen molar-refractivity contribution >= 4 is 5.78 Å². The molecular formula is C14H25NO2. The molecule has 3 unspecified atom stereocenters. The molecule has 1 saturated heterocycles. The molecule has 0 bridgehead atoms. The molecule has 3 atom stereocenters. The van der Waals surface area contributed by atoms with Crippen molar-refractivity contribution in [3.05, 3.63) is 0 Å². The summed E-state index contributed by atoms with van der Waals surface area (Å²) in [5.41, 5.74) is 0. The van der Waals surface area contributed by atoms with Gasteiger partial charge >= 0.3 is 0 Å². The molecule has 3 heteroatoms. The van der Waals surface area contributed by atoms with Crippen molar-refractivity contribution in [1.29, 1.82) is 0 Å². The van der Waals surface area contributed by atoms with Crippen molar-refractivity contribution < 1.29 is 9.53 Å². The van der Waals surface area contributed by atoms with E-state index in [9.17, 15) is 4.79 Å². The number of nitrogens with zero attached hydrogens (tertiary/aromatic N) is 1. The van der Waals surface area contributed by atoms with E-state index < -0.39 is 0 Å². The summed E-state index contributed by atoms with van der Waals surface area (Å²) < 4.78 is 5.41. The van der Waals surface area contributed by atoms with E-state index in [1.807, 2.05) is 0 Å². The number of ether oxygens (including phenoxy) is 1. The second-order valence-corrected chi connectivity index (χ2v) is 5.67. The van der Waals surface area contributed by atoms with Gasteiger partial charge in [-0.1, -0.05) is 13.3 Å². The lowest BCUT2D eigenvalue weighted by Gasteiger charge is -2.32. The molecule has 2 fully saturated rings. The summed E-state index contributed by atoms with van der Waals surface area (Å²) in [5.74, 6) is 1.53. The summed E-state index contributed by atoms with van der Waals surface area (Å²) >= 11 is 0. The Morgan fingerprint density at radius 3 is 2.88 bits per heavy atom. The first-order valence-electron chi connectivity index (χ1n) is 7.01. The number of Topliss-reactive ketones (excluding diaryl/α,β-unsaturated/α-hetero) is 1. The second-order valence-electron chi connectivity index (χ2n) is 5.67. The van der Waals surface area contributed by atoms with Crippen LogP contribution in [0, 0.1) is 11.8 Å². The Balaban J connectivity index is 1.85. The van der Waals surface area contributed by atoms with E-state index in [0.29, 0.717) is 11.8 Å². The van der Waals surface area contributed by atoms with Gasteiger partial charge < -0.3 is 9.64 Å². The average molecular weight is 239 g/mol. The molecule has 0 amide bonds. The monoisotopic (exact) mass is 239 g/mol. The van der Waals surface area contributed by atoms with Crippen molar-refractivity contribution in [3.8, 4) is 0 Å². The summed E-state index contributed by atoms with van der Waals surface area (Å²) in [5, 5.41) is 0. The molecule has 3 nitrogen and oxygen atoms in total. The van der Waals surface area contributed by atoms with Crippen LogP contribution in [0.4, 0.5) is 0 Å². The highest BCUT2D eigenvalue weighted by atomic mass is 16.5. The van der Waals surface area contributed by atoms with Gasteiger partial charge in [-0.25, -0.2) is 0 Å². The van der Waals surface area contributed by atoms with Crippen molar-refractivity contribution in [1.82, 2.24) is 4.90 Å². The fourth-order valence-electron chi connectivity index (χ4n) is 3.12. The molecule has 2 rings (SSSR count). The van der Waals surface area contributed by atoms with Gasteiger partial charge in [0.1, 0.15) is 5.78 Å². The number of hydrogen-bond donors (Lipinski definition) is 0. The predicted molar refractivity (Wildman–Crippen MR) is 68.0 cm³/mol. The lowest BCUT2D eigenvalue weighted by Crippen LogP contribution is -2.40. The zero-order chi connectivity index (χ0) is 12.3. The Bertz CT molecular complexity index is 261. The molecule has 17 heavy (non-hydrogen) atoms. The van der Waals surface area contributed by atoms with Gasteiger partial charge in [-0.05, 0) is 32.2 Å². The molecule has 0 N–H and O–H groups in total. The Hall–Kier alpha value is -0.410. The molecule has 98 valence electrons. The lowest BCUT2D eigenvalue weighted by atomic mass is 9.79. The first-order valence-corrected chi connectivity index (χ1v) is 7.01. The topological polar surface area (TPSA) is 29.5 Å². The van der Waals surface area contributed by atoms with E-state index in [2.05, 4.69) is 18.9 Å². The number of carbonyl (C=O) groups excluding carboxylic acids is 1. The first-order chi connectivity index (χ1) is 8.20. The summed E-state index contributed by atoms with van der Waals surface area (Å²) in [6.07, 6.45) is 5.36. The molecule has 0 aromatic carbocycles. The minimum Gasteiger partial charge on any atom is -0.380 e. The summed E-state index contributed by atoms with van der Waals surface area (Å²) in [7, 11) is 2.14. The number of rotatable bonds is 4. The van der Waals surface area contributed by atoms with Gasteiger partial charge in [0.2, 0.25) is 0 Å². The largest absolute Gasteiger partial charge is 0.380 e. The summed E-state index contributed by atoms with van der Waals surface area (Å²) in [4.78, 5) is 14.3. The Labute approximate surface area is 105 Å². The SMILES string of the molecule is CCC1CCC(=O)C(CN(C)C2CCOC2)C1. The fraction of sp³-hybridized carbons (Fsp3) is 0.929. The Morgan fingerprint density at radius 1 is 1.41 bits per heavy atom. The highest BCUT2D eigenvalue weighted by molar-refractivity contribution is 5.81. The molecule has 0 spiro atoms. The minimum atomic E-state index is 0.277. The van der Waals surface area contributed by atoms with E-state index in [1.165, 1.54) is 6.42 Å². The summed E-state index contributed by atoms with van der Waals surface area (Å²) in [6.45, 7) is 4.90. The third-order valence-corrected chi connectivity index (χ3v) is 4.49. The van der Waals surface area contributed by atoms with Crippen LogP contribution in [0.1, 0.15) is 39.0 Å². The zero-order valence-electron chi connectivity index (χ0n) is 11.2. The minimum absolute atomic E-state index is 0.277. The molecular weight excluding hydrogens is 214 g/mol. The molecule has 1 heterocycles. The van der Waals surface area contributed by atoms with E-state index in [4.69, 9.17) is 4.74 Å². The number of hydrogen-bond acceptors (Lipinski definition) is 3. The van der Waals surface area contributed by atoms with Crippen LogP contribution >= 0.6 is 0 Å². The van der Waals surface area contributed by atoms with Crippen LogP contribution in [-0.2, 0) is 9.53 Å². The smallest absolute Gasteiger partial charge is 0.137 e. The molecule has 0 aromatic heterocycles. The normalized spacial score (nSPS) is 34.5. The van der Waals surface area contributed by atoms with Gasteiger partial charge in [0, 0.05) is 31.5 Å². The van der Waals surface area contributed by atoms with Crippen LogP contribution in [0.3, 0.4) is 0 Å². The Morgan fingerprint density at radius 2 is 2.24 bits per heavy atom. The average Bonchev–Trinajstić information content (AvgIpc) is 2.85. The highest BCUT2D eigenvalue weighted by Crippen LogP contribution is 2.29. The first kappa shape index (κ1) is 13.0. The zero-order valence-corrected chi connectivity index (χ0v) is 11.2. The Kier molecular flexibility index (Phi) is 4.57. The van der Waals surface area contributed by atoms with Crippen molar-refractivity contribution in [2.24, 2.45) is 11.8 Å².